The monoisotopic (exact) mass is 200 g/mol. The number of rotatable bonds is 3. The normalized spacial score (nSPS) is 19.7. The van der Waals surface area contributed by atoms with Gasteiger partial charge in [0, 0.05) is 0 Å². The summed E-state index contributed by atoms with van der Waals surface area (Å²) in [7, 11) is 0. The maximum Gasteiger partial charge on any atom is 0.367 e. The Kier molecular flexibility index (Phi) is 3.29. The van der Waals surface area contributed by atoms with Crippen molar-refractivity contribution in [1.82, 2.24) is 0 Å². The quantitative estimate of drug-likeness (QED) is 0.517. The first-order chi connectivity index (χ1) is 6.48. The van der Waals surface area contributed by atoms with Crippen LogP contribution in [0.2, 0.25) is 0 Å². The molecule has 0 aromatic carbocycles. The fourth-order valence-electron chi connectivity index (χ4n) is 2.01. The minimum Gasteiger partial charge on any atom is -0.454 e. The molecule has 3 heteroatoms. The molecule has 14 heavy (non-hydrogen) atoms. The van der Waals surface area contributed by atoms with Crippen LogP contribution >= 0.6 is 0 Å². The van der Waals surface area contributed by atoms with Gasteiger partial charge < -0.3 is 4.74 Å². The van der Waals surface area contributed by atoms with Gasteiger partial charge in [0.05, 0.1) is 0 Å². The van der Waals surface area contributed by atoms with E-state index in [0.29, 0.717) is 0 Å². The number of esters is 1. The fraction of sp³-hybridized carbons (Fsp3) is 0.727. The van der Waals surface area contributed by atoms with Gasteiger partial charge in [-0.05, 0) is 31.6 Å². The molecule has 80 valence electrons. The van der Waals surface area contributed by atoms with Crippen molar-refractivity contribution in [2.45, 2.75) is 45.1 Å². The van der Waals surface area contributed by atoms with Crippen molar-refractivity contribution >= 4 is 5.97 Å². The van der Waals surface area contributed by atoms with Crippen molar-refractivity contribution in [2.24, 2.45) is 5.92 Å². The molecule has 1 aliphatic rings. The highest BCUT2D eigenvalue weighted by Gasteiger charge is 2.40. The standard InChI is InChI=1S/C11H17FO2/c1-8(2)11(6-4-5-7-11)14-10(13)9(3)12/h8H,3-7H2,1-2H3. The van der Waals surface area contributed by atoms with Gasteiger partial charge in [-0.25, -0.2) is 4.79 Å². The highest BCUT2D eigenvalue weighted by atomic mass is 19.1. The van der Waals surface area contributed by atoms with Crippen LogP contribution in [0.1, 0.15) is 39.5 Å². The first kappa shape index (κ1) is 11.2. The number of carbonyl (C=O) groups excluding carboxylic acids is 1. The van der Waals surface area contributed by atoms with E-state index < -0.39 is 17.4 Å². The lowest BCUT2D eigenvalue weighted by atomic mass is 9.88. The summed E-state index contributed by atoms with van der Waals surface area (Å²) in [5.41, 5.74) is -0.452. The van der Waals surface area contributed by atoms with Crippen LogP contribution in [0.4, 0.5) is 4.39 Å². The van der Waals surface area contributed by atoms with E-state index >= 15 is 0 Å². The predicted molar refractivity (Wildman–Crippen MR) is 52.4 cm³/mol. The Labute approximate surface area is 84.1 Å². The van der Waals surface area contributed by atoms with Gasteiger partial charge >= 0.3 is 5.97 Å². The summed E-state index contributed by atoms with van der Waals surface area (Å²) in [5, 5.41) is 0. The Morgan fingerprint density at radius 1 is 1.43 bits per heavy atom. The molecule has 0 aliphatic heterocycles. The predicted octanol–water partition coefficient (Wildman–Crippen LogP) is 2.98. The number of halogens is 1. The molecular weight excluding hydrogens is 183 g/mol. The molecule has 0 atom stereocenters. The molecule has 1 aliphatic carbocycles. The Hall–Kier alpha value is -0.860. The molecule has 0 N–H and O–H groups in total. The molecule has 1 saturated carbocycles. The van der Waals surface area contributed by atoms with Crippen molar-refractivity contribution < 1.29 is 13.9 Å². The molecule has 0 unspecified atom stereocenters. The fourth-order valence-corrected chi connectivity index (χ4v) is 2.01. The number of ether oxygens (including phenoxy) is 1. The van der Waals surface area contributed by atoms with Crippen LogP contribution in [0.5, 0.6) is 0 Å². The van der Waals surface area contributed by atoms with E-state index in [-0.39, 0.29) is 5.92 Å². The van der Waals surface area contributed by atoms with Crippen molar-refractivity contribution in [3.05, 3.63) is 12.4 Å². The minimum atomic E-state index is -1.00. The van der Waals surface area contributed by atoms with Gasteiger partial charge in [-0.2, -0.15) is 4.39 Å². The third-order valence-corrected chi connectivity index (χ3v) is 3.02. The summed E-state index contributed by atoms with van der Waals surface area (Å²) in [6, 6.07) is 0. The second kappa shape index (κ2) is 4.11. The van der Waals surface area contributed by atoms with Crippen LogP contribution in [0.3, 0.4) is 0 Å². The first-order valence-electron chi connectivity index (χ1n) is 5.06. The first-order valence-corrected chi connectivity index (χ1v) is 5.06. The second-order valence-electron chi connectivity index (χ2n) is 4.22. The van der Waals surface area contributed by atoms with Crippen LogP contribution in [0, 0.1) is 5.92 Å². The summed E-state index contributed by atoms with van der Waals surface area (Å²) >= 11 is 0. The topological polar surface area (TPSA) is 26.3 Å². The van der Waals surface area contributed by atoms with Crippen molar-refractivity contribution in [1.29, 1.82) is 0 Å². The zero-order valence-electron chi connectivity index (χ0n) is 8.81. The van der Waals surface area contributed by atoms with E-state index in [0.717, 1.165) is 25.7 Å². The van der Waals surface area contributed by atoms with Gasteiger partial charge in [-0.3, -0.25) is 0 Å². The summed E-state index contributed by atoms with van der Waals surface area (Å²) in [6.45, 7) is 6.95. The summed E-state index contributed by atoms with van der Waals surface area (Å²) < 4.78 is 17.7. The summed E-state index contributed by atoms with van der Waals surface area (Å²) in [6.07, 6.45) is 3.77. The van der Waals surface area contributed by atoms with Crippen molar-refractivity contribution in [3.63, 3.8) is 0 Å². The highest BCUT2D eigenvalue weighted by molar-refractivity contribution is 5.85. The smallest absolute Gasteiger partial charge is 0.367 e. The SMILES string of the molecule is C=C(F)C(=O)OC1(C(C)C)CCCC1. The lowest BCUT2D eigenvalue weighted by molar-refractivity contribution is -0.161. The lowest BCUT2D eigenvalue weighted by Gasteiger charge is -2.32. The molecule has 1 rings (SSSR count). The largest absolute Gasteiger partial charge is 0.454 e. The molecule has 0 heterocycles. The van der Waals surface area contributed by atoms with E-state index in [4.69, 9.17) is 4.74 Å². The van der Waals surface area contributed by atoms with Gasteiger partial charge in [-0.1, -0.05) is 20.4 Å². The average molecular weight is 200 g/mol. The van der Waals surface area contributed by atoms with Gasteiger partial charge in [0.2, 0.25) is 5.83 Å². The van der Waals surface area contributed by atoms with Crippen LogP contribution in [0.15, 0.2) is 12.4 Å². The summed E-state index contributed by atoms with van der Waals surface area (Å²) in [5.74, 6) is -1.68. The second-order valence-corrected chi connectivity index (χ2v) is 4.22. The third kappa shape index (κ3) is 2.14. The Bertz CT molecular complexity index is 240. The molecule has 0 spiro atoms. The maximum absolute atomic E-state index is 12.5. The Balaban J connectivity index is 2.70. The number of carbonyl (C=O) groups is 1. The number of hydrogen-bond acceptors (Lipinski definition) is 2. The highest BCUT2D eigenvalue weighted by Crippen LogP contribution is 2.39. The Morgan fingerprint density at radius 3 is 2.29 bits per heavy atom. The van der Waals surface area contributed by atoms with Crippen LogP contribution in [0.25, 0.3) is 0 Å². The van der Waals surface area contributed by atoms with Gasteiger partial charge in [0.15, 0.2) is 0 Å². The van der Waals surface area contributed by atoms with E-state index in [1.54, 1.807) is 0 Å². The van der Waals surface area contributed by atoms with E-state index in [1.165, 1.54) is 0 Å². The molecule has 1 fully saturated rings. The molecule has 0 saturated heterocycles. The zero-order chi connectivity index (χ0) is 10.8. The zero-order valence-corrected chi connectivity index (χ0v) is 8.81. The lowest BCUT2D eigenvalue weighted by Crippen LogP contribution is -2.37. The van der Waals surface area contributed by atoms with E-state index in [1.807, 2.05) is 13.8 Å². The number of hydrogen-bond donors (Lipinski definition) is 0. The molecule has 0 aromatic rings. The van der Waals surface area contributed by atoms with Crippen molar-refractivity contribution in [3.8, 4) is 0 Å². The van der Waals surface area contributed by atoms with Gasteiger partial charge in [-0.15, -0.1) is 0 Å². The summed E-state index contributed by atoms with van der Waals surface area (Å²) in [4.78, 5) is 11.1. The third-order valence-electron chi connectivity index (χ3n) is 3.02. The molecule has 0 amide bonds. The van der Waals surface area contributed by atoms with Crippen molar-refractivity contribution in [2.75, 3.05) is 0 Å². The van der Waals surface area contributed by atoms with Crippen LogP contribution in [-0.4, -0.2) is 11.6 Å². The molecule has 0 aromatic heterocycles. The van der Waals surface area contributed by atoms with Crippen LogP contribution in [-0.2, 0) is 9.53 Å². The van der Waals surface area contributed by atoms with Crippen LogP contribution < -0.4 is 0 Å². The Morgan fingerprint density at radius 2 is 1.93 bits per heavy atom. The van der Waals surface area contributed by atoms with Gasteiger partial charge in [0.1, 0.15) is 5.60 Å². The van der Waals surface area contributed by atoms with E-state index in [2.05, 4.69) is 6.58 Å². The average Bonchev–Trinajstić information content (AvgIpc) is 2.53. The maximum atomic E-state index is 12.5. The molecule has 0 bridgehead atoms. The van der Waals surface area contributed by atoms with E-state index in [9.17, 15) is 9.18 Å². The minimum absolute atomic E-state index is 0.230. The molecular formula is C11H17FO2. The molecule has 2 nitrogen and oxygen atoms in total. The molecule has 0 radical (unpaired) electrons. The van der Waals surface area contributed by atoms with Gasteiger partial charge in [0.25, 0.3) is 0 Å².